The third-order valence-corrected chi connectivity index (χ3v) is 5.46. The summed E-state index contributed by atoms with van der Waals surface area (Å²) in [5, 5.41) is 0. The van der Waals surface area contributed by atoms with Crippen molar-refractivity contribution in [3.63, 3.8) is 0 Å². The first-order valence-corrected chi connectivity index (χ1v) is 9.24. The summed E-state index contributed by atoms with van der Waals surface area (Å²) in [6, 6.07) is 6.45. The molecule has 0 amide bonds. The van der Waals surface area contributed by atoms with Gasteiger partial charge >= 0.3 is 0 Å². The molecule has 1 unspecified atom stereocenters. The predicted molar refractivity (Wildman–Crippen MR) is 95.8 cm³/mol. The maximum atomic E-state index is 14.7. The van der Waals surface area contributed by atoms with E-state index in [0.717, 1.165) is 24.3 Å². The molecule has 2 fully saturated rings. The van der Waals surface area contributed by atoms with Crippen molar-refractivity contribution in [2.45, 2.75) is 64.3 Å². The highest BCUT2D eigenvalue weighted by atomic mass is 19.1. The van der Waals surface area contributed by atoms with Gasteiger partial charge in [-0.05, 0) is 61.9 Å². The lowest BCUT2D eigenvalue weighted by atomic mass is 9.87. The van der Waals surface area contributed by atoms with Gasteiger partial charge in [-0.2, -0.15) is 0 Å². The fraction of sp³-hybridized carbons (Fsp3) is 0.700. The van der Waals surface area contributed by atoms with Gasteiger partial charge in [-0.3, -0.25) is 4.90 Å². The van der Waals surface area contributed by atoms with Gasteiger partial charge in [0.15, 0.2) is 0 Å². The quantitative estimate of drug-likeness (QED) is 0.787. The van der Waals surface area contributed by atoms with Crippen LogP contribution in [0, 0.1) is 5.82 Å². The van der Waals surface area contributed by atoms with E-state index < -0.39 is 0 Å². The Balaban J connectivity index is 1.79. The Hall–Kier alpha value is -1.09. The second-order valence-corrected chi connectivity index (χ2v) is 8.25. The van der Waals surface area contributed by atoms with Crippen molar-refractivity contribution in [2.75, 3.05) is 31.1 Å². The van der Waals surface area contributed by atoms with E-state index >= 15 is 0 Å². The lowest BCUT2D eigenvalue weighted by Crippen LogP contribution is -2.41. The maximum absolute atomic E-state index is 14.7. The lowest BCUT2D eigenvalue weighted by molar-refractivity contribution is 0.236. The van der Waals surface area contributed by atoms with Crippen LogP contribution in [0.1, 0.15) is 58.4 Å². The molecule has 1 aromatic rings. The Bertz CT molecular complexity index is 529. The first kappa shape index (κ1) is 16.8. The summed E-state index contributed by atoms with van der Waals surface area (Å²) in [7, 11) is 0. The molecular formula is C20H31FN2. The SMILES string of the molecule is CC(C)(C)c1ccc(N2CCCCC(N3CCCC3)C2)c(F)c1. The first-order valence-electron chi connectivity index (χ1n) is 9.24. The average Bonchev–Trinajstić information content (AvgIpc) is 2.92. The molecule has 0 aromatic heterocycles. The highest BCUT2D eigenvalue weighted by molar-refractivity contribution is 5.50. The van der Waals surface area contributed by atoms with Crippen molar-refractivity contribution >= 4 is 5.69 Å². The summed E-state index contributed by atoms with van der Waals surface area (Å²) in [6.07, 6.45) is 6.35. The van der Waals surface area contributed by atoms with Gasteiger partial charge in [0.1, 0.15) is 5.82 Å². The van der Waals surface area contributed by atoms with E-state index in [1.807, 2.05) is 6.07 Å². The Morgan fingerprint density at radius 1 is 1.00 bits per heavy atom. The summed E-state index contributed by atoms with van der Waals surface area (Å²) < 4.78 is 14.7. The predicted octanol–water partition coefficient (Wildman–Crippen LogP) is 4.58. The highest BCUT2D eigenvalue weighted by Crippen LogP contribution is 2.30. The molecule has 23 heavy (non-hydrogen) atoms. The van der Waals surface area contributed by atoms with Crippen molar-refractivity contribution in [1.29, 1.82) is 0 Å². The Morgan fingerprint density at radius 3 is 2.35 bits per heavy atom. The zero-order valence-electron chi connectivity index (χ0n) is 14.9. The molecule has 1 atom stereocenters. The number of benzene rings is 1. The molecule has 2 aliphatic heterocycles. The minimum atomic E-state index is -0.0560. The molecular weight excluding hydrogens is 287 g/mol. The summed E-state index contributed by atoms with van der Waals surface area (Å²) in [5.74, 6) is -0.0560. The molecule has 0 aliphatic carbocycles. The van der Waals surface area contributed by atoms with Crippen LogP contribution in [0.5, 0.6) is 0 Å². The van der Waals surface area contributed by atoms with E-state index in [1.165, 1.54) is 45.2 Å². The monoisotopic (exact) mass is 318 g/mol. The van der Waals surface area contributed by atoms with Crippen LogP contribution in [0.4, 0.5) is 10.1 Å². The van der Waals surface area contributed by atoms with Gasteiger partial charge in [-0.15, -0.1) is 0 Å². The number of rotatable bonds is 2. The van der Waals surface area contributed by atoms with Gasteiger partial charge in [0, 0.05) is 19.1 Å². The Kier molecular flexibility index (Phi) is 4.96. The Labute approximate surface area is 140 Å². The average molecular weight is 318 g/mol. The van der Waals surface area contributed by atoms with E-state index in [0.29, 0.717) is 6.04 Å². The molecule has 0 spiro atoms. The second kappa shape index (κ2) is 6.80. The number of hydrogen-bond acceptors (Lipinski definition) is 2. The fourth-order valence-electron chi connectivity index (χ4n) is 3.97. The Morgan fingerprint density at radius 2 is 1.70 bits per heavy atom. The largest absolute Gasteiger partial charge is 0.368 e. The minimum absolute atomic E-state index is 0.00373. The minimum Gasteiger partial charge on any atom is -0.368 e. The van der Waals surface area contributed by atoms with E-state index in [9.17, 15) is 4.39 Å². The van der Waals surface area contributed by atoms with Crippen LogP contribution in [0.3, 0.4) is 0 Å². The zero-order valence-corrected chi connectivity index (χ0v) is 14.9. The van der Waals surface area contributed by atoms with Gasteiger partial charge in [0.2, 0.25) is 0 Å². The van der Waals surface area contributed by atoms with Crippen molar-refractivity contribution < 1.29 is 4.39 Å². The number of likely N-dealkylation sites (tertiary alicyclic amines) is 1. The summed E-state index contributed by atoms with van der Waals surface area (Å²) in [6.45, 7) is 10.8. The van der Waals surface area contributed by atoms with Crippen LogP contribution in [0.2, 0.25) is 0 Å². The summed E-state index contributed by atoms with van der Waals surface area (Å²) in [4.78, 5) is 4.91. The van der Waals surface area contributed by atoms with Gasteiger partial charge in [-0.25, -0.2) is 4.39 Å². The number of hydrogen-bond donors (Lipinski definition) is 0. The molecule has 128 valence electrons. The van der Waals surface area contributed by atoms with Crippen LogP contribution in [0.15, 0.2) is 18.2 Å². The van der Waals surface area contributed by atoms with Crippen LogP contribution in [0.25, 0.3) is 0 Å². The second-order valence-electron chi connectivity index (χ2n) is 8.25. The van der Waals surface area contributed by atoms with Crippen LogP contribution < -0.4 is 4.90 Å². The number of halogens is 1. The van der Waals surface area contributed by atoms with Crippen LogP contribution in [-0.2, 0) is 5.41 Å². The van der Waals surface area contributed by atoms with Gasteiger partial charge in [-0.1, -0.05) is 33.3 Å². The van der Waals surface area contributed by atoms with Crippen LogP contribution >= 0.6 is 0 Å². The summed E-state index contributed by atoms with van der Waals surface area (Å²) >= 11 is 0. The van der Waals surface area contributed by atoms with E-state index in [-0.39, 0.29) is 11.2 Å². The molecule has 0 radical (unpaired) electrons. The molecule has 3 heteroatoms. The molecule has 2 aliphatic rings. The van der Waals surface area contributed by atoms with Crippen LogP contribution in [-0.4, -0.2) is 37.1 Å². The van der Waals surface area contributed by atoms with Crippen molar-refractivity contribution in [3.05, 3.63) is 29.6 Å². The van der Waals surface area contributed by atoms with Gasteiger partial charge < -0.3 is 4.90 Å². The maximum Gasteiger partial charge on any atom is 0.146 e. The number of nitrogens with zero attached hydrogens (tertiary/aromatic N) is 2. The normalized spacial score (nSPS) is 24.0. The molecule has 3 rings (SSSR count). The zero-order chi connectivity index (χ0) is 16.4. The third-order valence-electron chi connectivity index (χ3n) is 5.46. The standard InChI is InChI=1S/C20H31FN2/c1-20(2,3)16-9-10-19(18(21)14-16)23-13-5-4-8-17(15-23)22-11-6-7-12-22/h9-10,14,17H,4-8,11-13,15H2,1-3H3. The molecule has 2 heterocycles. The van der Waals surface area contributed by atoms with Gasteiger partial charge in [0.05, 0.1) is 5.69 Å². The third kappa shape index (κ3) is 3.88. The smallest absolute Gasteiger partial charge is 0.146 e. The molecule has 2 nitrogen and oxygen atoms in total. The summed E-state index contributed by atoms with van der Waals surface area (Å²) in [5.41, 5.74) is 1.87. The van der Waals surface area contributed by atoms with E-state index in [2.05, 4.69) is 36.6 Å². The molecule has 0 bridgehead atoms. The lowest BCUT2D eigenvalue weighted by Gasteiger charge is -2.32. The topological polar surface area (TPSA) is 6.48 Å². The molecule has 0 N–H and O–H groups in total. The highest BCUT2D eigenvalue weighted by Gasteiger charge is 2.27. The molecule has 1 aromatic carbocycles. The van der Waals surface area contributed by atoms with Gasteiger partial charge in [0.25, 0.3) is 0 Å². The van der Waals surface area contributed by atoms with Crippen molar-refractivity contribution in [3.8, 4) is 0 Å². The molecule has 2 saturated heterocycles. The van der Waals surface area contributed by atoms with Crippen molar-refractivity contribution in [2.24, 2.45) is 0 Å². The van der Waals surface area contributed by atoms with Crippen molar-refractivity contribution in [1.82, 2.24) is 4.90 Å². The molecule has 0 saturated carbocycles. The number of anilines is 1. The fourth-order valence-corrected chi connectivity index (χ4v) is 3.97. The van der Waals surface area contributed by atoms with E-state index in [4.69, 9.17) is 0 Å². The van der Waals surface area contributed by atoms with E-state index in [1.54, 1.807) is 6.07 Å². The first-order chi connectivity index (χ1) is 10.9.